The van der Waals surface area contributed by atoms with Gasteiger partial charge in [0.2, 0.25) is 0 Å². The number of carbonyl (C=O) groups is 1. The summed E-state index contributed by atoms with van der Waals surface area (Å²) in [6.07, 6.45) is 0. The summed E-state index contributed by atoms with van der Waals surface area (Å²) in [6.45, 7) is 10.8. The number of rotatable bonds is 5. The van der Waals surface area contributed by atoms with E-state index in [1.165, 1.54) is 5.56 Å². The first kappa shape index (κ1) is 18.1. The Labute approximate surface area is 145 Å². The summed E-state index contributed by atoms with van der Waals surface area (Å²) in [5.41, 5.74) is 3.09. The fourth-order valence-electron chi connectivity index (χ4n) is 2.64. The highest BCUT2D eigenvalue weighted by Crippen LogP contribution is 2.21. The molecule has 0 saturated heterocycles. The number of amides is 1. The average Bonchev–Trinajstić information content (AvgIpc) is 2.51. The molecule has 0 bridgehead atoms. The van der Waals surface area contributed by atoms with Crippen LogP contribution in [0.1, 0.15) is 37.5 Å². The average molecular weight is 325 g/mol. The number of hydrogen-bond acceptors (Lipinski definition) is 2. The molecule has 128 valence electrons. The minimum Gasteiger partial charge on any atom is -0.483 e. The van der Waals surface area contributed by atoms with Gasteiger partial charge in [-0.1, -0.05) is 48.0 Å². The molecular formula is C21H27NO2. The van der Waals surface area contributed by atoms with Gasteiger partial charge in [0.15, 0.2) is 6.61 Å². The summed E-state index contributed by atoms with van der Waals surface area (Å²) in [7, 11) is 0. The van der Waals surface area contributed by atoms with E-state index in [2.05, 4.69) is 6.07 Å². The van der Waals surface area contributed by atoms with Gasteiger partial charge in [0.1, 0.15) is 5.75 Å². The van der Waals surface area contributed by atoms with E-state index in [9.17, 15) is 4.79 Å². The van der Waals surface area contributed by atoms with E-state index >= 15 is 0 Å². The Morgan fingerprint density at radius 1 is 1.04 bits per heavy atom. The third-order valence-electron chi connectivity index (χ3n) is 3.98. The monoisotopic (exact) mass is 325 g/mol. The molecule has 3 nitrogen and oxygen atoms in total. The second-order valence-corrected chi connectivity index (χ2v) is 7.19. The molecule has 0 spiro atoms. The van der Waals surface area contributed by atoms with Gasteiger partial charge in [0.05, 0.1) is 0 Å². The van der Waals surface area contributed by atoms with E-state index in [4.69, 9.17) is 4.74 Å². The lowest BCUT2D eigenvalue weighted by Crippen LogP contribution is -2.47. The molecule has 0 heterocycles. The van der Waals surface area contributed by atoms with Crippen molar-refractivity contribution < 1.29 is 9.53 Å². The van der Waals surface area contributed by atoms with Crippen molar-refractivity contribution in [2.45, 2.75) is 46.7 Å². The Morgan fingerprint density at radius 3 is 2.29 bits per heavy atom. The van der Waals surface area contributed by atoms with Crippen molar-refractivity contribution in [2.24, 2.45) is 0 Å². The van der Waals surface area contributed by atoms with Crippen LogP contribution in [-0.2, 0) is 11.3 Å². The van der Waals surface area contributed by atoms with Gasteiger partial charge in [-0.05, 0) is 51.8 Å². The van der Waals surface area contributed by atoms with Crippen LogP contribution < -0.4 is 4.74 Å². The second kappa shape index (κ2) is 7.52. The highest BCUT2D eigenvalue weighted by Gasteiger charge is 2.26. The maximum Gasteiger partial charge on any atom is 0.261 e. The largest absolute Gasteiger partial charge is 0.483 e. The molecule has 0 aliphatic carbocycles. The Morgan fingerprint density at radius 2 is 1.71 bits per heavy atom. The van der Waals surface area contributed by atoms with Crippen LogP contribution in [0, 0.1) is 13.8 Å². The fraction of sp³-hybridized carbons (Fsp3) is 0.381. The summed E-state index contributed by atoms with van der Waals surface area (Å²) < 4.78 is 5.78. The first-order chi connectivity index (χ1) is 11.3. The van der Waals surface area contributed by atoms with Crippen LogP contribution in [-0.4, -0.2) is 23.0 Å². The van der Waals surface area contributed by atoms with Crippen molar-refractivity contribution in [3.8, 4) is 5.75 Å². The maximum absolute atomic E-state index is 12.7. The fourth-order valence-corrected chi connectivity index (χ4v) is 2.64. The molecule has 3 heteroatoms. The highest BCUT2D eigenvalue weighted by molar-refractivity contribution is 5.78. The SMILES string of the molecule is Cc1ccc(OCC(=O)N(Cc2ccccc2)C(C)(C)C)c(C)c1. The number of aryl methyl sites for hydroxylation is 2. The van der Waals surface area contributed by atoms with Crippen molar-refractivity contribution in [2.75, 3.05) is 6.61 Å². The first-order valence-electron chi connectivity index (χ1n) is 8.32. The molecule has 0 aliphatic rings. The third-order valence-corrected chi connectivity index (χ3v) is 3.98. The van der Waals surface area contributed by atoms with E-state index in [1.54, 1.807) is 0 Å². The topological polar surface area (TPSA) is 29.5 Å². The van der Waals surface area contributed by atoms with Gasteiger partial charge in [-0.15, -0.1) is 0 Å². The zero-order chi connectivity index (χ0) is 17.7. The normalized spacial score (nSPS) is 11.2. The van der Waals surface area contributed by atoms with Gasteiger partial charge < -0.3 is 9.64 Å². The number of nitrogens with zero attached hydrogens (tertiary/aromatic N) is 1. The summed E-state index contributed by atoms with van der Waals surface area (Å²) in [5, 5.41) is 0. The van der Waals surface area contributed by atoms with Crippen molar-refractivity contribution in [3.05, 3.63) is 65.2 Å². The van der Waals surface area contributed by atoms with Gasteiger partial charge in [0.25, 0.3) is 5.91 Å². The van der Waals surface area contributed by atoms with Gasteiger partial charge in [-0.2, -0.15) is 0 Å². The second-order valence-electron chi connectivity index (χ2n) is 7.19. The third kappa shape index (κ3) is 4.85. The number of ether oxygens (including phenoxy) is 1. The standard InChI is InChI=1S/C21H27NO2/c1-16-11-12-19(17(2)13-16)24-15-20(23)22(21(3,4)5)14-18-9-7-6-8-10-18/h6-13H,14-15H2,1-5H3. The summed E-state index contributed by atoms with van der Waals surface area (Å²) in [6, 6.07) is 16.0. The number of benzene rings is 2. The molecule has 0 fully saturated rings. The molecule has 0 aliphatic heterocycles. The van der Waals surface area contributed by atoms with Crippen LogP contribution in [0.4, 0.5) is 0 Å². The van der Waals surface area contributed by atoms with Crippen molar-refractivity contribution in [3.63, 3.8) is 0 Å². The molecule has 0 saturated carbocycles. The lowest BCUT2D eigenvalue weighted by molar-refractivity contribution is -0.139. The zero-order valence-electron chi connectivity index (χ0n) is 15.3. The number of carbonyl (C=O) groups excluding carboxylic acids is 1. The first-order valence-corrected chi connectivity index (χ1v) is 8.32. The number of hydrogen-bond donors (Lipinski definition) is 0. The lowest BCUT2D eigenvalue weighted by Gasteiger charge is -2.36. The molecule has 2 aromatic rings. The zero-order valence-corrected chi connectivity index (χ0v) is 15.3. The van der Waals surface area contributed by atoms with Crippen LogP contribution in [0.15, 0.2) is 48.5 Å². The molecule has 0 N–H and O–H groups in total. The lowest BCUT2D eigenvalue weighted by atomic mass is 10.0. The Balaban J connectivity index is 2.08. The van der Waals surface area contributed by atoms with Crippen LogP contribution in [0.25, 0.3) is 0 Å². The minimum atomic E-state index is -0.265. The van der Waals surface area contributed by atoms with Crippen LogP contribution in [0.2, 0.25) is 0 Å². The van der Waals surface area contributed by atoms with Crippen molar-refractivity contribution in [1.82, 2.24) is 4.90 Å². The molecule has 0 aromatic heterocycles. The molecule has 0 atom stereocenters. The Kier molecular flexibility index (Phi) is 5.66. The van der Waals surface area contributed by atoms with E-state index < -0.39 is 0 Å². The molecule has 24 heavy (non-hydrogen) atoms. The quantitative estimate of drug-likeness (QED) is 0.809. The molecule has 2 aromatic carbocycles. The Bertz CT molecular complexity index is 687. The molecule has 0 unspecified atom stereocenters. The molecule has 2 rings (SSSR count). The maximum atomic E-state index is 12.7. The molecular weight excluding hydrogens is 298 g/mol. The minimum absolute atomic E-state index is 0.00803. The molecule has 0 radical (unpaired) electrons. The van der Waals surface area contributed by atoms with Gasteiger partial charge in [0, 0.05) is 12.1 Å². The van der Waals surface area contributed by atoms with Crippen LogP contribution in [0.5, 0.6) is 5.75 Å². The van der Waals surface area contributed by atoms with Gasteiger partial charge >= 0.3 is 0 Å². The summed E-state index contributed by atoms with van der Waals surface area (Å²) in [5.74, 6) is 0.758. The van der Waals surface area contributed by atoms with Gasteiger partial charge in [-0.25, -0.2) is 0 Å². The molecule has 1 amide bonds. The van der Waals surface area contributed by atoms with E-state index in [1.807, 2.05) is 82.0 Å². The predicted octanol–water partition coefficient (Wildman–Crippen LogP) is 4.51. The Hall–Kier alpha value is -2.29. The van der Waals surface area contributed by atoms with Gasteiger partial charge in [-0.3, -0.25) is 4.79 Å². The van der Waals surface area contributed by atoms with Crippen molar-refractivity contribution in [1.29, 1.82) is 0 Å². The van der Waals surface area contributed by atoms with E-state index in [0.29, 0.717) is 6.54 Å². The van der Waals surface area contributed by atoms with Crippen LogP contribution >= 0.6 is 0 Å². The van der Waals surface area contributed by atoms with Crippen molar-refractivity contribution >= 4 is 5.91 Å². The smallest absolute Gasteiger partial charge is 0.261 e. The summed E-state index contributed by atoms with van der Waals surface area (Å²) >= 11 is 0. The predicted molar refractivity (Wildman–Crippen MR) is 98.2 cm³/mol. The summed E-state index contributed by atoms with van der Waals surface area (Å²) in [4.78, 5) is 14.6. The van der Waals surface area contributed by atoms with E-state index in [0.717, 1.165) is 16.9 Å². The highest BCUT2D eigenvalue weighted by atomic mass is 16.5. The van der Waals surface area contributed by atoms with E-state index in [-0.39, 0.29) is 18.1 Å². The van der Waals surface area contributed by atoms with Crippen LogP contribution in [0.3, 0.4) is 0 Å².